The molecule has 0 saturated carbocycles. The highest BCUT2D eigenvalue weighted by Crippen LogP contribution is 2.40. The monoisotopic (exact) mass is 745 g/mol. The van der Waals surface area contributed by atoms with E-state index in [1.54, 1.807) is 24.4 Å². The Hall–Kier alpha value is -4.91. The first kappa shape index (κ1) is 40.9. The summed E-state index contributed by atoms with van der Waals surface area (Å²) < 4.78 is 11.2. The summed E-state index contributed by atoms with van der Waals surface area (Å²) in [5, 5.41) is 8.64. The molecule has 2 aromatic carbocycles. The molecule has 53 heavy (non-hydrogen) atoms. The van der Waals surface area contributed by atoms with Crippen molar-refractivity contribution in [3.63, 3.8) is 0 Å². The van der Waals surface area contributed by atoms with Crippen molar-refractivity contribution < 1.29 is 33.4 Å². The number of hydrogen-bond acceptors (Lipinski definition) is 9. The number of hydrogen-bond donors (Lipinski definition) is 3. The highest BCUT2D eigenvalue weighted by atomic mass is 32.2. The SMILES string of the molecule is Cc1cccc(C)c1OCC(=O)N[C@@H](Cc1ccccc1)[C@H](OC(=O)CCC(=O)NCc1ccccn1)C(=O)N1CSC(C)(C)[C@H]1C(=O)NC(C)(C)C. The summed E-state index contributed by atoms with van der Waals surface area (Å²) in [4.78, 5) is 73.8. The summed E-state index contributed by atoms with van der Waals surface area (Å²) in [6.45, 7) is 12.9. The lowest BCUT2D eigenvalue weighted by Crippen LogP contribution is -2.61. The fourth-order valence-corrected chi connectivity index (χ4v) is 7.17. The summed E-state index contributed by atoms with van der Waals surface area (Å²) in [7, 11) is 0. The van der Waals surface area contributed by atoms with Gasteiger partial charge in [0.2, 0.25) is 17.9 Å². The van der Waals surface area contributed by atoms with Crippen molar-refractivity contribution in [2.45, 2.75) is 103 Å². The van der Waals surface area contributed by atoms with Crippen molar-refractivity contribution in [2.75, 3.05) is 12.5 Å². The standard InChI is InChI=1S/C40H51N5O7S/c1-26-14-13-15-27(2)34(26)51-24-32(47)43-30(22-28-16-9-8-10-17-28)35(52-33(48)20-19-31(46)42-23-29-18-11-12-21-41-29)38(50)45-25-53-40(6,7)36(45)37(49)44-39(3,4)5/h8-18,21,30,35-36H,19-20,22-25H2,1-7H3,(H,42,46)(H,43,47)(H,44,49)/t30-,35-,36+/m0/s1. The van der Waals surface area contributed by atoms with Crippen LogP contribution in [0.15, 0.2) is 72.9 Å². The molecule has 1 aliphatic heterocycles. The second kappa shape index (κ2) is 18.2. The van der Waals surface area contributed by atoms with Gasteiger partial charge in [-0.25, -0.2) is 0 Å². The molecule has 13 heteroatoms. The lowest BCUT2D eigenvalue weighted by molar-refractivity contribution is -0.164. The number of nitrogens with one attached hydrogen (secondary N) is 3. The molecule has 1 aromatic heterocycles. The lowest BCUT2D eigenvalue weighted by atomic mass is 9.96. The molecule has 3 atom stereocenters. The average Bonchev–Trinajstić information content (AvgIpc) is 3.43. The maximum atomic E-state index is 14.7. The lowest BCUT2D eigenvalue weighted by Gasteiger charge is -2.36. The van der Waals surface area contributed by atoms with E-state index in [-0.39, 0.29) is 44.2 Å². The van der Waals surface area contributed by atoms with E-state index in [1.165, 1.54) is 16.7 Å². The molecule has 0 bridgehead atoms. The Labute approximate surface area is 316 Å². The molecule has 1 fully saturated rings. The Morgan fingerprint density at radius 3 is 2.25 bits per heavy atom. The highest BCUT2D eigenvalue weighted by Gasteiger charge is 2.51. The van der Waals surface area contributed by atoms with Gasteiger partial charge in [-0.1, -0.05) is 54.6 Å². The fraction of sp³-hybridized carbons (Fsp3) is 0.450. The van der Waals surface area contributed by atoms with Gasteiger partial charge < -0.3 is 30.3 Å². The van der Waals surface area contributed by atoms with Crippen LogP contribution in [0.3, 0.4) is 0 Å². The third kappa shape index (κ3) is 12.1. The van der Waals surface area contributed by atoms with Crippen LogP contribution in [0.2, 0.25) is 0 Å². The number of ether oxygens (including phenoxy) is 2. The van der Waals surface area contributed by atoms with Crippen LogP contribution in [0.4, 0.5) is 0 Å². The number of rotatable bonds is 15. The number of pyridine rings is 1. The third-order valence-electron chi connectivity index (χ3n) is 8.59. The first-order chi connectivity index (χ1) is 25.0. The van der Waals surface area contributed by atoms with Crippen LogP contribution in [0.1, 0.15) is 69.8 Å². The quantitative estimate of drug-likeness (QED) is 0.192. The van der Waals surface area contributed by atoms with Crippen molar-refractivity contribution in [2.24, 2.45) is 0 Å². The zero-order valence-electron chi connectivity index (χ0n) is 31.6. The Kier molecular flexibility index (Phi) is 14.0. The number of esters is 1. The van der Waals surface area contributed by atoms with E-state index in [0.29, 0.717) is 11.4 Å². The van der Waals surface area contributed by atoms with Gasteiger partial charge >= 0.3 is 5.97 Å². The molecule has 0 unspecified atom stereocenters. The number of aromatic nitrogens is 1. The Morgan fingerprint density at radius 2 is 1.60 bits per heavy atom. The van der Waals surface area contributed by atoms with E-state index >= 15 is 0 Å². The molecule has 3 N–H and O–H groups in total. The minimum Gasteiger partial charge on any atom is -0.483 e. The molecule has 0 spiro atoms. The van der Waals surface area contributed by atoms with Crippen LogP contribution in [-0.2, 0) is 41.7 Å². The fourth-order valence-electron chi connectivity index (χ4n) is 6.03. The van der Waals surface area contributed by atoms with Crippen LogP contribution >= 0.6 is 11.8 Å². The van der Waals surface area contributed by atoms with E-state index in [4.69, 9.17) is 9.47 Å². The molecular formula is C40H51N5O7S. The van der Waals surface area contributed by atoms with Gasteiger partial charge in [0.05, 0.1) is 30.6 Å². The van der Waals surface area contributed by atoms with Crippen molar-refractivity contribution in [3.05, 3.63) is 95.3 Å². The molecule has 12 nitrogen and oxygen atoms in total. The number of carbonyl (C=O) groups is 5. The van der Waals surface area contributed by atoms with Gasteiger partial charge in [0, 0.05) is 22.9 Å². The second-order valence-corrected chi connectivity index (χ2v) is 16.3. The Bertz CT molecular complexity index is 1730. The summed E-state index contributed by atoms with van der Waals surface area (Å²) in [6, 6.07) is 18.2. The van der Waals surface area contributed by atoms with Gasteiger partial charge in [0.1, 0.15) is 11.8 Å². The number of aryl methyl sites for hydroxylation is 2. The molecule has 1 aliphatic rings. The van der Waals surface area contributed by atoms with E-state index in [2.05, 4.69) is 20.9 Å². The second-order valence-electron chi connectivity index (χ2n) is 14.7. The summed E-state index contributed by atoms with van der Waals surface area (Å²) in [6.07, 6.45) is -0.327. The van der Waals surface area contributed by atoms with E-state index in [9.17, 15) is 24.0 Å². The van der Waals surface area contributed by atoms with Gasteiger partial charge in [-0.2, -0.15) is 0 Å². The number of carbonyl (C=O) groups excluding carboxylic acids is 5. The molecule has 4 amide bonds. The summed E-state index contributed by atoms with van der Waals surface area (Å²) >= 11 is 1.43. The van der Waals surface area contributed by atoms with Gasteiger partial charge in [-0.3, -0.25) is 29.0 Å². The molecule has 4 rings (SSSR count). The maximum absolute atomic E-state index is 14.7. The molecule has 0 aliphatic carbocycles. The van der Waals surface area contributed by atoms with Crippen molar-refractivity contribution in [1.82, 2.24) is 25.8 Å². The molecular weight excluding hydrogens is 695 g/mol. The predicted octanol–water partition coefficient (Wildman–Crippen LogP) is 4.41. The maximum Gasteiger partial charge on any atom is 0.307 e. The van der Waals surface area contributed by atoms with Crippen LogP contribution < -0.4 is 20.7 Å². The zero-order chi connectivity index (χ0) is 38.8. The summed E-state index contributed by atoms with van der Waals surface area (Å²) in [5.74, 6) is -1.99. The van der Waals surface area contributed by atoms with Crippen LogP contribution in [0.25, 0.3) is 0 Å². The van der Waals surface area contributed by atoms with Crippen molar-refractivity contribution in [1.29, 1.82) is 0 Å². The molecule has 284 valence electrons. The minimum atomic E-state index is -1.54. The number of para-hydroxylation sites is 1. The van der Waals surface area contributed by atoms with Crippen LogP contribution in [-0.4, -0.2) is 80.4 Å². The first-order valence-corrected chi connectivity index (χ1v) is 18.7. The molecule has 1 saturated heterocycles. The normalized spacial score (nSPS) is 16.2. The first-order valence-electron chi connectivity index (χ1n) is 17.7. The van der Waals surface area contributed by atoms with Gasteiger partial charge in [-0.05, 0) is 83.7 Å². The predicted molar refractivity (Wildman–Crippen MR) is 204 cm³/mol. The minimum absolute atomic E-state index is 0.119. The highest BCUT2D eigenvalue weighted by molar-refractivity contribution is 8.00. The van der Waals surface area contributed by atoms with Crippen LogP contribution in [0.5, 0.6) is 5.75 Å². The summed E-state index contributed by atoms with van der Waals surface area (Å²) in [5.41, 5.74) is 2.58. The van der Waals surface area contributed by atoms with Crippen LogP contribution in [0, 0.1) is 13.8 Å². The molecule has 3 aromatic rings. The number of nitrogens with zero attached hydrogens (tertiary/aromatic N) is 2. The average molecular weight is 746 g/mol. The Balaban J connectivity index is 1.61. The zero-order valence-corrected chi connectivity index (χ0v) is 32.4. The van der Waals surface area contributed by atoms with Crippen molar-refractivity contribution >= 4 is 41.4 Å². The number of thioether (sulfide) groups is 1. The largest absolute Gasteiger partial charge is 0.483 e. The van der Waals surface area contributed by atoms with E-state index in [0.717, 1.165) is 16.7 Å². The van der Waals surface area contributed by atoms with Gasteiger partial charge in [0.25, 0.3) is 11.8 Å². The molecule has 0 radical (unpaired) electrons. The van der Waals surface area contributed by atoms with Gasteiger partial charge in [0.15, 0.2) is 6.61 Å². The van der Waals surface area contributed by atoms with E-state index in [1.807, 2.05) is 97.0 Å². The molecule has 2 heterocycles. The number of amides is 4. The van der Waals surface area contributed by atoms with Crippen molar-refractivity contribution in [3.8, 4) is 5.75 Å². The Morgan fingerprint density at radius 1 is 0.925 bits per heavy atom. The van der Waals surface area contributed by atoms with E-state index < -0.39 is 52.2 Å². The smallest absolute Gasteiger partial charge is 0.307 e. The van der Waals surface area contributed by atoms with Gasteiger partial charge in [-0.15, -0.1) is 11.8 Å². The number of benzene rings is 2. The topological polar surface area (TPSA) is 156 Å². The third-order valence-corrected chi connectivity index (χ3v) is 9.97.